The van der Waals surface area contributed by atoms with Crippen LogP contribution in [0.5, 0.6) is 0 Å². The molecule has 1 unspecified atom stereocenters. The van der Waals surface area contributed by atoms with Crippen molar-refractivity contribution >= 4 is 18.0 Å². The summed E-state index contributed by atoms with van der Waals surface area (Å²) in [4.78, 5) is 36.5. The van der Waals surface area contributed by atoms with Gasteiger partial charge >= 0.3 is 12.1 Å². The number of carboxylic acid groups (broad SMARTS) is 1. The highest BCUT2D eigenvalue weighted by atomic mass is 16.5. The summed E-state index contributed by atoms with van der Waals surface area (Å²) in [6.07, 6.45) is 6.44. The maximum atomic E-state index is 12.6. The Morgan fingerprint density at radius 2 is 1.70 bits per heavy atom. The molecule has 2 aliphatic rings. The summed E-state index contributed by atoms with van der Waals surface area (Å²) in [5.74, 6) is 0.0900. The van der Waals surface area contributed by atoms with E-state index in [9.17, 15) is 19.5 Å². The number of aliphatic carboxylic acids is 1. The molecule has 2 aliphatic carbocycles. The van der Waals surface area contributed by atoms with E-state index in [0.29, 0.717) is 12.8 Å². The second kappa shape index (κ2) is 9.78. The van der Waals surface area contributed by atoms with Crippen molar-refractivity contribution in [2.75, 3.05) is 6.61 Å². The zero-order valence-electron chi connectivity index (χ0n) is 18.1. The molecule has 0 aromatic heterocycles. The monoisotopic (exact) mass is 446 g/mol. The molecule has 0 bridgehead atoms. The Morgan fingerprint density at radius 1 is 1.06 bits per heavy atom. The Bertz CT molecular complexity index is 1060. The van der Waals surface area contributed by atoms with Gasteiger partial charge in [0.1, 0.15) is 12.6 Å². The van der Waals surface area contributed by atoms with Gasteiger partial charge in [0, 0.05) is 18.4 Å². The number of amides is 2. The van der Waals surface area contributed by atoms with Crippen LogP contribution >= 0.6 is 0 Å². The van der Waals surface area contributed by atoms with E-state index in [-0.39, 0.29) is 18.9 Å². The van der Waals surface area contributed by atoms with Gasteiger partial charge in [0.15, 0.2) is 0 Å². The third-order valence-corrected chi connectivity index (χ3v) is 6.44. The van der Waals surface area contributed by atoms with Crippen LogP contribution in [0.4, 0.5) is 4.79 Å². The largest absolute Gasteiger partial charge is 0.480 e. The summed E-state index contributed by atoms with van der Waals surface area (Å²) in [6, 6.07) is 14.6. The molecule has 2 aromatic carbocycles. The molecule has 0 radical (unpaired) electrons. The number of rotatable bonds is 7. The number of alkyl carbamates (subject to hydrolysis) is 1. The fourth-order valence-corrected chi connectivity index (χ4v) is 4.83. The van der Waals surface area contributed by atoms with E-state index in [1.807, 2.05) is 36.4 Å². The van der Waals surface area contributed by atoms with Crippen LogP contribution in [-0.4, -0.2) is 41.8 Å². The Hall–Kier alpha value is -3.79. The SMILES string of the molecule is C#CCC(NC(=O)[C@@H]1CCC[C@@H]1NC(=O)OCC1c2ccccc2-c2ccccc21)C(=O)O. The maximum absolute atomic E-state index is 12.6. The first-order valence-electron chi connectivity index (χ1n) is 11.1. The summed E-state index contributed by atoms with van der Waals surface area (Å²) < 4.78 is 5.59. The lowest BCUT2D eigenvalue weighted by Gasteiger charge is -2.22. The van der Waals surface area contributed by atoms with Crippen molar-refractivity contribution in [2.45, 2.75) is 43.7 Å². The second-order valence-electron chi connectivity index (χ2n) is 8.42. The zero-order valence-corrected chi connectivity index (χ0v) is 18.1. The number of fused-ring (bicyclic) bond motifs is 3. The van der Waals surface area contributed by atoms with Crippen molar-refractivity contribution in [1.29, 1.82) is 0 Å². The number of carboxylic acids is 1. The summed E-state index contributed by atoms with van der Waals surface area (Å²) in [5, 5.41) is 14.5. The lowest BCUT2D eigenvalue weighted by Crippen LogP contribution is -2.48. The highest BCUT2D eigenvalue weighted by molar-refractivity contribution is 5.86. The average molecular weight is 447 g/mol. The number of hydrogen-bond acceptors (Lipinski definition) is 4. The Balaban J connectivity index is 1.37. The summed E-state index contributed by atoms with van der Waals surface area (Å²) >= 11 is 0. The van der Waals surface area contributed by atoms with E-state index >= 15 is 0 Å². The highest BCUT2D eigenvalue weighted by Crippen LogP contribution is 2.44. The average Bonchev–Trinajstić information content (AvgIpc) is 3.40. The van der Waals surface area contributed by atoms with Gasteiger partial charge in [-0.1, -0.05) is 55.0 Å². The second-order valence-corrected chi connectivity index (χ2v) is 8.42. The van der Waals surface area contributed by atoms with E-state index in [4.69, 9.17) is 11.2 Å². The molecule has 0 heterocycles. The molecule has 0 aliphatic heterocycles. The smallest absolute Gasteiger partial charge is 0.407 e. The lowest BCUT2D eigenvalue weighted by atomic mass is 9.98. The highest BCUT2D eigenvalue weighted by Gasteiger charge is 2.36. The third-order valence-electron chi connectivity index (χ3n) is 6.44. The number of hydrogen-bond donors (Lipinski definition) is 3. The molecule has 1 fully saturated rings. The minimum Gasteiger partial charge on any atom is -0.480 e. The van der Waals surface area contributed by atoms with Crippen molar-refractivity contribution in [3.8, 4) is 23.5 Å². The van der Waals surface area contributed by atoms with Crippen LogP contribution in [0.3, 0.4) is 0 Å². The van der Waals surface area contributed by atoms with Crippen LogP contribution in [0.2, 0.25) is 0 Å². The van der Waals surface area contributed by atoms with E-state index in [0.717, 1.165) is 28.7 Å². The first-order valence-corrected chi connectivity index (χ1v) is 11.1. The molecule has 1 saturated carbocycles. The zero-order chi connectivity index (χ0) is 23.4. The van der Waals surface area contributed by atoms with Crippen molar-refractivity contribution in [2.24, 2.45) is 5.92 Å². The number of nitrogens with one attached hydrogen (secondary N) is 2. The predicted octanol–water partition coefficient (Wildman–Crippen LogP) is 3.29. The van der Waals surface area contributed by atoms with Gasteiger partial charge in [-0.3, -0.25) is 4.79 Å². The van der Waals surface area contributed by atoms with Gasteiger partial charge in [0.25, 0.3) is 0 Å². The molecule has 4 rings (SSSR count). The summed E-state index contributed by atoms with van der Waals surface area (Å²) in [5.41, 5.74) is 4.54. The van der Waals surface area contributed by atoms with E-state index in [1.54, 1.807) is 0 Å². The van der Waals surface area contributed by atoms with Gasteiger partial charge in [-0.15, -0.1) is 12.3 Å². The van der Waals surface area contributed by atoms with Crippen LogP contribution in [-0.2, 0) is 14.3 Å². The quantitative estimate of drug-likeness (QED) is 0.566. The minimum absolute atomic E-state index is 0.0501. The lowest BCUT2D eigenvalue weighted by molar-refractivity contribution is -0.142. The number of benzene rings is 2. The van der Waals surface area contributed by atoms with Crippen molar-refractivity contribution < 1.29 is 24.2 Å². The molecule has 2 aromatic rings. The van der Waals surface area contributed by atoms with Gasteiger partial charge in [0.05, 0.1) is 5.92 Å². The maximum Gasteiger partial charge on any atom is 0.407 e. The molecule has 3 atom stereocenters. The number of carbonyl (C=O) groups is 3. The first kappa shape index (κ1) is 22.4. The van der Waals surface area contributed by atoms with Gasteiger partial charge in [-0.25, -0.2) is 9.59 Å². The molecule has 170 valence electrons. The molecule has 7 heteroatoms. The minimum atomic E-state index is -1.18. The van der Waals surface area contributed by atoms with Crippen LogP contribution in [0.15, 0.2) is 48.5 Å². The van der Waals surface area contributed by atoms with Crippen molar-refractivity contribution in [1.82, 2.24) is 10.6 Å². The first-order chi connectivity index (χ1) is 16.0. The van der Waals surface area contributed by atoms with E-state index in [2.05, 4.69) is 28.7 Å². The van der Waals surface area contributed by atoms with E-state index < -0.39 is 36.0 Å². The van der Waals surface area contributed by atoms with Crippen molar-refractivity contribution in [3.63, 3.8) is 0 Å². The van der Waals surface area contributed by atoms with Gasteiger partial charge in [-0.2, -0.15) is 0 Å². The molecule has 2 amide bonds. The van der Waals surface area contributed by atoms with Crippen LogP contribution in [0.1, 0.15) is 42.7 Å². The summed E-state index contributed by atoms with van der Waals surface area (Å²) in [6.45, 7) is 0.187. The van der Waals surface area contributed by atoms with Crippen LogP contribution < -0.4 is 10.6 Å². The number of carbonyl (C=O) groups excluding carboxylic acids is 2. The Labute approximate surface area is 192 Å². The third kappa shape index (κ3) is 4.70. The van der Waals surface area contributed by atoms with Crippen molar-refractivity contribution in [3.05, 3.63) is 59.7 Å². The Morgan fingerprint density at radius 3 is 2.30 bits per heavy atom. The molecule has 7 nitrogen and oxygen atoms in total. The standard InChI is InChI=1S/C26H26N2O5/c1-2-8-23(25(30)31)27-24(29)20-13-7-14-22(20)28-26(32)33-15-21-18-11-5-3-9-16(18)17-10-4-6-12-19(17)21/h1,3-6,9-12,20-23H,7-8,13-15H2,(H,27,29)(H,28,32)(H,30,31)/t20-,22+,23?/m1/s1. The topological polar surface area (TPSA) is 105 Å². The van der Waals surface area contributed by atoms with E-state index in [1.165, 1.54) is 0 Å². The van der Waals surface area contributed by atoms with Crippen LogP contribution in [0.25, 0.3) is 11.1 Å². The fourth-order valence-electron chi connectivity index (χ4n) is 4.83. The van der Waals surface area contributed by atoms with Gasteiger partial charge in [-0.05, 0) is 35.1 Å². The molecular weight excluding hydrogens is 420 g/mol. The normalized spacial score (nSPS) is 19.6. The fraction of sp³-hybridized carbons (Fsp3) is 0.346. The molecule has 3 N–H and O–H groups in total. The van der Waals surface area contributed by atoms with Gasteiger partial charge in [0.2, 0.25) is 5.91 Å². The predicted molar refractivity (Wildman–Crippen MR) is 122 cm³/mol. The molecular formula is C26H26N2O5. The molecule has 0 spiro atoms. The molecule has 33 heavy (non-hydrogen) atoms. The number of ether oxygens (including phenoxy) is 1. The number of terminal acetylenes is 1. The molecule has 0 saturated heterocycles. The summed E-state index contributed by atoms with van der Waals surface area (Å²) in [7, 11) is 0. The van der Waals surface area contributed by atoms with Gasteiger partial charge < -0.3 is 20.5 Å². The van der Waals surface area contributed by atoms with Crippen LogP contribution in [0, 0.1) is 18.3 Å². The Kier molecular flexibility index (Phi) is 6.64.